The summed E-state index contributed by atoms with van der Waals surface area (Å²) >= 11 is 5.93. The molecule has 0 bridgehead atoms. The summed E-state index contributed by atoms with van der Waals surface area (Å²) in [5.41, 5.74) is 0.927. The SMILES string of the molecule is CC(C)CNC(=O)c1ccccc1NC(=O)C1CN(S(=O)(=O)c2ccc(Cl)cc2)c2ccccc2O1. The van der Waals surface area contributed by atoms with E-state index in [2.05, 4.69) is 10.6 Å². The van der Waals surface area contributed by atoms with Gasteiger partial charge in [-0.2, -0.15) is 0 Å². The summed E-state index contributed by atoms with van der Waals surface area (Å²) in [6.45, 7) is 4.20. The molecule has 0 fully saturated rings. The molecule has 2 amide bonds. The van der Waals surface area contributed by atoms with E-state index in [9.17, 15) is 18.0 Å². The van der Waals surface area contributed by atoms with Gasteiger partial charge in [-0.25, -0.2) is 8.42 Å². The first-order valence-corrected chi connectivity index (χ1v) is 13.2. The summed E-state index contributed by atoms with van der Waals surface area (Å²) in [6.07, 6.45) is -1.16. The van der Waals surface area contributed by atoms with Crippen LogP contribution in [-0.2, 0) is 14.8 Å². The maximum absolute atomic E-state index is 13.5. The molecule has 0 aliphatic carbocycles. The molecule has 1 atom stereocenters. The molecule has 2 N–H and O–H groups in total. The van der Waals surface area contributed by atoms with Crippen LogP contribution in [0.2, 0.25) is 5.02 Å². The van der Waals surface area contributed by atoms with Crippen LogP contribution in [0.15, 0.2) is 77.7 Å². The highest BCUT2D eigenvalue weighted by Crippen LogP contribution is 2.37. The van der Waals surface area contributed by atoms with Crippen LogP contribution in [0.1, 0.15) is 24.2 Å². The standard InChI is InChI=1S/C26H26ClN3O5S/c1-17(2)15-28-25(31)20-7-3-4-8-21(20)29-26(32)24-16-30(22-9-5-6-10-23(22)35-24)36(33,34)19-13-11-18(27)12-14-19/h3-14,17,24H,15-16H2,1-2H3,(H,28,31)(H,29,32). The van der Waals surface area contributed by atoms with Crippen LogP contribution in [0, 0.1) is 5.92 Å². The molecular formula is C26H26ClN3O5S. The Balaban J connectivity index is 1.61. The van der Waals surface area contributed by atoms with Gasteiger partial charge in [0.15, 0.2) is 6.10 Å². The van der Waals surface area contributed by atoms with Gasteiger partial charge in [-0.1, -0.05) is 49.7 Å². The van der Waals surface area contributed by atoms with Crippen molar-refractivity contribution in [2.24, 2.45) is 5.92 Å². The number of para-hydroxylation sites is 3. The van der Waals surface area contributed by atoms with Crippen LogP contribution in [-0.4, -0.2) is 39.4 Å². The van der Waals surface area contributed by atoms with Crippen molar-refractivity contribution in [1.82, 2.24) is 5.32 Å². The van der Waals surface area contributed by atoms with Crippen molar-refractivity contribution in [2.45, 2.75) is 24.8 Å². The van der Waals surface area contributed by atoms with E-state index in [0.29, 0.717) is 28.5 Å². The van der Waals surface area contributed by atoms with E-state index in [1.54, 1.807) is 48.5 Å². The Kier molecular flexibility index (Phi) is 7.51. The van der Waals surface area contributed by atoms with Crippen molar-refractivity contribution in [1.29, 1.82) is 0 Å². The highest BCUT2D eigenvalue weighted by molar-refractivity contribution is 7.92. The lowest BCUT2D eigenvalue weighted by Crippen LogP contribution is -2.49. The van der Waals surface area contributed by atoms with E-state index in [-0.39, 0.29) is 29.0 Å². The Morgan fingerprint density at radius 3 is 2.42 bits per heavy atom. The molecule has 0 radical (unpaired) electrons. The van der Waals surface area contributed by atoms with Gasteiger partial charge in [0.1, 0.15) is 5.75 Å². The molecule has 3 aromatic carbocycles. The summed E-state index contributed by atoms with van der Waals surface area (Å²) < 4.78 is 34.0. The molecule has 36 heavy (non-hydrogen) atoms. The third kappa shape index (κ3) is 5.47. The number of ether oxygens (including phenoxy) is 1. The summed E-state index contributed by atoms with van der Waals surface area (Å²) in [7, 11) is -4.02. The van der Waals surface area contributed by atoms with Crippen LogP contribution in [0.3, 0.4) is 0 Å². The Bertz CT molecular complexity index is 1380. The second-order valence-corrected chi connectivity index (χ2v) is 11.0. The van der Waals surface area contributed by atoms with E-state index in [0.717, 1.165) is 4.31 Å². The Labute approximate surface area is 215 Å². The number of benzene rings is 3. The number of sulfonamides is 1. The van der Waals surface area contributed by atoms with E-state index in [1.165, 1.54) is 24.3 Å². The van der Waals surface area contributed by atoms with E-state index >= 15 is 0 Å². The van der Waals surface area contributed by atoms with Crippen molar-refractivity contribution in [3.8, 4) is 5.75 Å². The Hall–Kier alpha value is -3.56. The lowest BCUT2D eigenvalue weighted by atomic mass is 10.1. The minimum Gasteiger partial charge on any atom is -0.476 e. The van der Waals surface area contributed by atoms with Gasteiger partial charge in [0.05, 0.1) is 28.4 Å². The molecule has 0 saturated heterocycles. The number of halogens is 1. The number of carbonyl (C=O) groups excluding carboxylic acids is 2. The Morgan fingerprint density at radius 1 is 1.03 bits per heavy atom. The first-order chi connectivity index (χ1) is 17.2. The number of amides is 2. The van der Waals surface area contributed by atoms with E-state index in [4.69, 9.17) is 16.3 Å². The van der Waals surface area contributed by atoms with Crippen molar-refractivity contribution in [2.75, 3.05) is 22.7 Å². The highest BCUT2D eigenvalue weighted by atomic mass is 35.5. The predicted molar refractivity (Wildman–Crippen MR) is 139 cm³/mol. The summed E-state index contributed by atoms with van der Waals surface area (Å²) in [4.78, 5) is 26.0. The molecule has 3 aromatic rings. The van der Waals surface area contributed by atoms with Crippen LogP contribution < -0.4 is 19.7 Å². The lowest BCUT2D eigenvalue weighted by Gasteiger charge is -2.34. The first-order valence-electron chi connectivity index (χ1n) is 11.4. The monoisotopic (exact) mass is 527 g/mol. The fourth-order valence-electron chi connectivity index (χ4n) is 3.70. The van der Waals surface area contributed by atoms with Gasteiger partial charge >= 0.3 is 0 Å². The number of rotatable bonds is 7. The second-order valence-electron chi connectivity index (χ2n) is 8.70. The molecular weight excluding hydrogens is 502 g/mol. The molecule has 0 saturated carbocycles. The van der Waals surface area contributed by atoms with Gasteiger partial charge in [-0.15, -0.1) is 0 Å². The number of nitrogens with one attached hydrogen (secondary N) is 2. The number of anilines is 2. The number of nitrogens with zero attached hydrogens (tertiary/aromatic N) is 1. The zero-order chi connectivity index (χ0) is 25.9. The van der Waals surface area contributed by atoms with Crippen molar-refractivity contribution < 1.29 is 22.7 Å². The van der Waals surface area contributed by atoms with Gasteiger partial charge in [0.25, 0.3) is 21.8 Å². The zero-order valence-electron chi connectivity index (χ0n) is 19.8. The molecule has 1 aliphatic heterocycles. The number of fused-ring (bicyclic) bond motifs is 1. The largest absolute Gasteiger partial charge is 0.476 e. The topological polar surface area (TPSA) is 105 Å². The van der Waals surface area contributed by atoms with Crippen molar-refractivity contribution in [3.63, 3.8) is 0 Å². The van der Waals surface area contributed by atoms with Crippen LogP contribution in [0.25, 0.3) is 0 Å². The summed E-state index contributed by atoms with van der Waals surface area (Å²) in [5, 5.41) is 5.98. The minimum absolute atomic E-state index is 0.0370. The molecule has 1 heterocycles. The van der Waals surface area contributed by atoms with Crippen LogP contribution in [0.5, 0.6) is 5.75 Å². The van der Waals surface area contributed by atoms with Gasteiger partial charge < -0.3 is 15.4 Å². The van der Waals surface area contributed by atoms with Crippen molar-refractivity contribution in [3.05, 3.63) is 83.4 Å². The molecule has 188 valence electrons. The molecule has 1 aliphatic rings. The van der Waals surface area contributed by atoms with Gasteiger partial charge in [-0.05, 0) is 54.4 Å². The first kappa shape index (κ1) is 25.5. The minimum atomic E-state index is -4.02. The molecule has 8 nitrogen and oxygen atoms in total. The Morgan fingerprint density at radius 2 is 1.69 bits per heavy atom. The molecule has 10 heteroatoms. The van der Waals surface area contributed by atoms with Gasteiger partial charge in [0.2, 0.25) is 0 Å². The fourth-order valence-corrected chi connectivity index (χ4v) is 5.30. The van der Waals surface area contributed by atoms with Gasteiger partial charge in [-0.3, -0.25) is 13.9 Å². The predicted octanol–water partition coefficient (Wildman–Crippen LogP) is 4.32. The zero-order valence-corrected chi connectivity index (χ0v) is 21.3. The maximum atomic E-state index is 13.5. The number of hydrogen-bond acceptors (Lipinski definition) is 5. The quantitative estimate of drug-likeness (QED) is 0.476. The van der Waals surface area contributed by atoms with E-state index < -0.39 is 22.0 Å². The average Bonchev–Trinajstić information content (AvgIpc) is 2.87. The molecule has 0 aromatic heterocycles. The third-order valence-electron chi connectivity index (χ3n) is 5.53. The molecule has 0 spiro atoms. The summed E-state index contributed by atoms with van der Waals surface area (Å²) in [5.74, 6) is -0.379. The van der Waals surface area contributed by atoms with Crippen LogP contribution >= 0.6 is 11.6 Å². The smallest absolute Gasteiger partial charge is 0.267 e. The second kappa shape index (κ2) is 10.6. The van der Waals surface area contributed by atoms with Crippen LogP contribution in [0.4, 0.5) is 11.4 Å². The summed E-state index contributed by atoms with van der Waals surface area (Å²) in [6, 6.07) is 19.0. The number of hydrogen-bond donors (Lipinski definition) is 2. The lowest BCUT2D eigenvalue weighted by molar-refractivity contribution is -0.122. The molecule has 1 unspecified atom stereocenters. The molecule has 4 rings (SSSR count). The van der Waals surface area contributed by atoms with Crippen molar-refractivity contribution >= 4 is 44.8 Å². The van der Waals surface area contributed by atoms with Gasteiger partial charge in [0, 0.05) is 11.6 Å². The fraction of sp³-hybridized carbons (Fsp3) is 0.231. The number of carbonyl (C=O) groups is 2. The average molecular weight is 528 g/mol. The third-order valence-corrected chi connectivity index (χ3v) is 7.58. The normalized spacial score (nSPS) is 15.1. The maximum Gasteiger partial charge on any atom is 0.267 e. The highest BCUT2D eigenvalue weighted by Gasteiger charge is 2.37. The van der Waals surface area contributed by atoms with E-state index in [1.807, 2.05) is 13.8 Å².